The van der Waals surface area contributed by atoms with Crippen molar-refractivity contribution in [1.29, 1.82) is 0 Å². The third-order valence-electron chi connectivity index (χ3n) is 2.71. The standard InChI is InChI=1S/C16H17O4P/c1-2-9-16(17)21(18,19-14-10-5-3-6-11-14)20-15-12-7-4-8-13-15/h3-8,10-13H,2,9H2,1H3. The molecular formula is C16H17O4P. The molecule has 21 heavy (non-hydrogen) atoms. The summed E-state index contributed by atoms with van der Waals surface area (Å²) in [5.41, 5.74) is -0.516. The molecule has 5 heteroatoms. The highest BCUT2D eigenvalue weighted by atomic mass is 31.2. The molecule has 0 aliphatic heterocycles. The van der Waals surface area contributed by atoms with E-state index in [0.29, 0.717) is 17.9 Å². The van der Waals surface area contributed by atoms with Gasteiger partial charge in [-0.25, -0.2) is 4.57 Å². The van der Waals surface area contributed by atoms with Crippen LogP contribution in [0.1, 0.15) is 19.8 Å². The second-order valence-corrected chi connectivity index (χ2v) is 6.31. The van der Waals surface area contributed by atoms with Gasteiger partial charge in [0.25, 0.3) is 5.52 Å². The minimum absolute atomic E-state index is 0.150. The molecule has 2 aromatic rings. The number of hydrogen-bond acceptors (Lipinski definition) is 4. The predicted molar refractivity (Wildman–Crippen MR) is 81.7 cm³/mol. The lowest BCUT2D eigenvalue weighted by molar-refractivity contribution is -0.113. The Balaban J connectivity index is 2.26. The Morgan fingerprint density at radius 1 is 0.905 bits per heavy atom. The lowest BCUT2D eigenvalue weighted by Crippen LogP contribution is -2.11. The molecule has 0 radical (unpaired) electrons. The number of rotatable bonds is 7. The van der Waals surface area contributed by atoms with Crippen molar-refractivity contribution in [2.75, 3.05) is 0 Å². The van der Waals surface area contributed by atoms with Crippen LogP contribution in [0.25, 0.3) is 0 Å². The van der Waals surface area contributed by atoms with Crippen LogP contribution in [0.4, 0.5) is 0 Å². The van der Waals surface area contributed by atoms with Crippen LogP contribution < -0.4 is 9.05 Å². The molecule has 0 fully saturated rings. The maximum absolute atomic E-state index is 12.8. The van der Waals surface area contributed by atoms with E-state index in [-0.39, 0.29) is 6.42 Å². The van der Waals surface area contributed by atoms with Crippen molar-refractivity contribution >= 4 is 13.1 Å². The van der Waals surface area contributed by atoms with Gasteiger partial charge >= 0.3 is 7.60 Å². The van der Waals surface area contributed by atoms with Crippen molar-refractivity contribution in [2.45, 2.75) is 19.8 Å². The first-order valence-electron chi connectivity index (χ1n) is 6.77. The average Bonchev–Trinajstić information content (AvgIpc) is 2.49. The summed E-state index contributed by atoms with van der Waals surface area (Å²) < 4.78 is 23.7. The molecule has 4 nitrogen and oxygen atoms in total. The van der Waals surface area contributed by atoms with Crippen LogP contribution in [0.2, 0.25) is 0 Å². The smallest absolute Gasteiger partial charge is 0.411 e. The van der Waals surface area contributed by atoms with Crippen LogP contribution in [0, 0.1) is 0 Å². The van der Waals surface area contributed by atoms with Crippen LogP contribution in [0.3, 0.4) is 0 Å². The van der Waals surface area contributed by atoms with E-state index >= 15 is 0 Å². The van der Waals surface area contributed by atoms with Gasteiger partial charge in [-0.05, 0) is 30.7 Å². The molecule has 0 spiro atoms. The van der Waals surface area contributed by atoms with Gasteiger partial charge < -0.3 is 9.05 Å². The topological polar surface area (TPSA) is 52.6 Å². The third kappa shape index (κ3) is 4.20. The van der Waals surface area contributed by atoms with Gasteiger partial charge in [-0.1, -0.05) is 43.3 Å². The first-order chi connectivity index (χ1) is 10.1. The van der Waals surface area contributed by atoms with E-state index in [1.807, 2.05) is 19.1 Å². The van der Waals surface area contributed by atoms with E-state index in [1.54, 1.807) is 48.5 Å². The third-order valence-corrected chi connectivity index (χ3v) is 4.44. The molecule has 0 heterocycles. The van der Waals surface area contributed by atoms with Gasteiger partial charge in [0.15, 0.2) is 0 Å². The average molecular weight is 304 g/mol. The zero-order chi connectivity index (χ0) is 15.1. The van der Waals surface area contributed by atoms with Crippen LogP contribution in [-0.4, -0.2) is 5.52 Å². The molecule has 0 atom stereocenters. The largest absolute Gasteiger partial charge is 0.498 e. The van der Waals surface area contributed by atoms with E-state index in [2.05, 4.69) is 0 Å². The van der Waals surface area contributed by atoms with Crippen molar-refractivity contribution in [2.24, 2.45) is 0 Å². The fourth-order valence-electron chi connectivity index (χ4n) is 1.71. The van der Waals surface area contributed by atoms with Gasteiger partial charge in [-0.3, -0.25) is 4.79 Å². The highest BCUT2D eigenvalue weighted by Crippen LogP contribution is 2.50. The summed E-state index contributed by atoms with van der Waals surface area (Å²) in [6, 6.07) is 17.1. The van der Waals surface area contributed by atoms with Gasteiger partial charge in [0.1, 0.15) is 11.5 Å². The van der Waals surface area contributed by atoms with Crippen LogP contribution >= 0.6 is 7.60 Å². The van der Waals surface area contributed by atoms with Crippen LogP contribution in [0.5, 0.6) is 11.5 Å². The van der Waals surface area contributed by atoms with Gasteiger partial charge in [0.2, 0.25) is 0 Å². The Morgan fingerprint density at radius 2 is 1.33 bits per heavy atom. The molecule has 0 saturated heterocycles. The predicted octanol–water partition coefficient (Wildman–Crippen LogP) is 4.66. The zero-order valence-electron chi connectivity index (χ0n) is 11.8. The second-order valence-electron chi connectivity index (χ2n) is 4.45. The highest BCUT2D eigenvalue weighted by molar-refractivity contribution is 7.72. The van der Waals surface area contributed by atoms with E-state index in [1.165, 1.54) is 0 Å². The summed E-state index contributed by atoms with van der Waals surface area (Å²) in [6.07, 6.45) is 0.732. The number of carbonyl (C=O) groups excluding carboxylic acids is 1. The van der Waals surface area contributed by atoms with Crippen LogP contribution in [-0.2, 0) is 9.36 Å². The van der Waals surface area contributed by atoms with Crippen molar-refractivity contribution in [3.8, 4) is 11.5 Å². The molecule has 110 valence electrons. The number of hydrogen-bond donors (Lipinski definition) is 0. The number of carbonyl (C=O) groups is 1. The molecule has 0 aliphatic rings. The van der Waals surface area contributed by atoms with E-state index in [9.17, 15) is 9.36 Å². The van der Waals surface area contributed by atoms with Gasteiger partial charge in [-0.15, -0.1) is 0 Å². The molecule has 0 N–H and O–H groups in total. The van der Waals surface area contributed by atoms with E-state index in [4.69, 9.17) is 9.05 Å². The summed E-state index contributed by atoms with van der Waals surface area (Å²) >= 11 is 0. The summed E-state index contributed by atoms with van der Waals surface area (Å²) in [5.74, 6) is 0.697. The first-order valence-corrected chi connectivity index (χ1v) is 8.31. The molecule has 0 bridgehead atoms. The maximum atomic E-state index is 12.8. The Bertz CT molecular complexity index is 580. The fourth-order valence-corrected chi connectivity index (χ4v) is 3.25. The summed E-state index contributed by atoms with van der Waals surface area (Å²) in [4.78, 5) is 12.2. The number of para-hydroxylation sites is 2. The summed E-state index contributed by atoms with van der Waals surface area (Å²) in [7, 11) is -3.91. The van der Waals surface area contributed by atoms with Gasteiger partial charge in [0, 0.05) is 6.42 Å². The Labute approximate surface area is 124 Å². The second kappa shape index (κ2) is 7.09. The molecule has 0 amide bonds. The molecule has 0 saturated carbocycles. The van der Waals surface area contributed by atoms with Crippen molar-refractivity contribution < 1.29 is 18.4 Å². The highest BCUT2D eigenvalue weighted by Gasteiger charge is 2.37. The van der Waals surface area contributed by atoms with Crippen molar-refractivity contribution in [3.05, 3.63) is 60.7 Å². The minimum atomic E-state index is -3.91. The van der Waals surface area contributed by atoms with Crippen molar-refractivity contribution in [1.82, 2.24) is 0 Å². The van der Waals surface area contributed by atoms with Crippen LogP contribution in [0.15, 0.2) is 60.7 Å². The molecule has 0 aromatic heterocycles. The summed E-state index contributed by atoms with van der Waals surface area (Å²) in [5, 5.41) is 0. The molecule has 2 aromatic carbocycles. The molecular weight excluding hydrogens is 287 g/mol. The molecule has 2 rings (SSSR count). The molecule has 0 aliphatic carbocycles. The monoisotopic (exact) mass is 304 g/mol. The Hall–Kier alpha value is -2.06. The van der Waals surface area contributed by atoms with Gasteiger partial charge in [-0.2, -0.15) is 0 Å². The van der Waals surface area contributed by atoms with Gasteiger partial charge in [0.05, 0.1) is 0 Å². The van der Waals surface area contributed by atoms with E-state index in [0.717, 1.165) is 0 Å². The SMILES string of the molecule is CCCC(=O)P(=O)(Oc1ccccc1)Oc1ccccc1. The van der Waals surface area contributed by atoms with E-state index < -0.39 is 13.1 Å². The van der Waals surface area contributed by atoms with Crippen molar-refractivity contribution in [3.63, 3.8) is 0 Å². The summed E-state index contributed by atoms with van der Waals surface area (Å²) in [6.45, 7) is 1.84. The minimum Gasteiger partial charge on any atom is -0.411 e. The lowest BCUT2D eigenvalue weighted by atomic mass is 10.3. The first kappa shape index (κ1) is 15.3. The normalized spacial score (nSPS) is 10.9. The lowest BCUT2D eigenvalue weighted by Gasteiger charge is -2.18. The Morgan fingerprint density at radius 3 is 1.71 bits per heavy atom. The quantitative estimate of drug-likeness (QED) is 0.698. The maximum Gasteiger partial charge on any atom is 0.498 e. The fraction of sp³-hybridized carbons (Fsp3) is 0.188. The Kier molecular flexibility index (Phi) is 5.18. The molecule has 0 unspecified atom stereocenters. The number of benzene rings is 2. The zero-order valence-corrected chi connectivity index (χ0v) is 12.7.